The maximum atomic E-state index is 5.89. The summed E-state index contributed by atoms with van der Waals surface area (Å²) in [7, 11) is 0. The molecule has 0 spiro atoms. The highest BCUT2D eigenvalue weighted by molar-refractivity contribution is 5.52. The van der Waals surface area contributed by atoms with Crippen LogP contribution in [0, 0.1) is 0 Å². The van der Waals surface area contributed by atoms with E-state index in [2.05, 4.69) is 28.2 Å². The van der Waals surface area contributed by atoms with E-state index in [-0.39, 0.29) is 6.04 Å². The van der Waals surface area contributed by atoms with E-state index in [1.54, 1.807) is 6.20 Å². The molecule has 0 aliphatic carbocycles. The molecule has 2 N–H and O–H groups in total. The minimum atomic E-state index is -0.0586. The Morgan fingerprint density at radius 2 is 2.07 bits per heavy atom. The molecule has 0 saturated carbocycles. The fourth-order valence-electron chi connectivity index (χ4n) is 1.73. The van der Waals surface area contributed by atoms with Crippen molar-refractivity contribution in [3.63, 3.8) is 0 Å². The van der Waals surface area contributed by atoms with Crippen LogP contribution in [0.2, 0.25) is 0 Å². The summed E-state index contributed by atoms with van der Waals surface area (Å²) in [6.45, 7) is 6.19. The molecule has 0 aromatic carbocycles. The Hall–Kier alpha value is -1.42. The Morgan fingerprint density at radius 3 is 2.67 bits per heavy atom. The normalized spacial score (nSPS) is 13.7. The molecular formula is C11H16N4. The predicted octanol–water partition coefficient (Wildman–Crippen LogP) is 1.87. The van der Waals surface area contributed by atoms with Crippen LogP contribution in [0.25, 0.3) is 5.52 Å². The lowest BCUT2D eigenvalue weighted by Crippen LogP contribution is -2.06. The molecule has 4 nitrogen and oxygen atoms in total. The quantitative estimate of drug-likeness (QED) is 0.812. The molecule has 0 fully saturated rings. The lowest BCUT2D eigenvalue weighted by atomic mass is 10.2. The van der Waals surface area contributed by atoms with E-state index >= 15 is 0 Å². The number of rotatable bonds is 2. The minimum absolute atomic E-state index is 0.0586. The fourth-order valence-corrected chi connectivity index (χ4v) is 1.73. The van der Waals surface area contributed by atoms with E-state index in [1.807, 2.05) is 19.3 Å². The van der Waals surface area contributed by atoms with Crippen molar-refractivity contribution < 1.29 is 0 Å². The number of nitrogens with zero attached hydrogens (tertiary/aromatic N) is 3. The maximum Gasteiger partial charge on any atom is 0.116 e. The summed E-state index contributed by atoms with van der Waals surface area (Å²) in [6.07, 6.45) is 5.52. The van der Waals surface area contributed by atoms with Gasteiger partial charge in [-0.3, -0.25) is 4.98 Å². The van der Waals surface area contributed by atoms with E-state index < -0.39 is 0 Å². The van der Waals surface area contributed by atoms with Gasteiger partial charge in [-0.05, 0) is 6.92 Å². The van der Waals surface area contributed by atoms with Crippen LogP contribution in [-0.4, -0.2) is 14.4 Å². The van der Waals surface area contributed by atoms with Crippen molar-refractivity contribution in [3.05, 3.63) is 30.1 Å². The highest BCUT2D eigenvalue weighted by Crippen LogP contribution is 2.21. The second-order valence-electron chi connectivity index (χ2n) is 4.13. The molecule has 2 aromatic heterocycles. The predicted molar refractivity (Wildman–Crippen MR) is 59.7 cm³/mol. The summed E-state index contributed by atoms with van der Waals surface area (Å²) < 4.78 is 2.07. The third-order valence-corrected chi connectivity index (χ3v) is 2.45. The Morgan fingerprint density at radius 1 is 1.33 bits per heavy atom. The van der Waals surface area contributed by atoms with Crippen molar-refractivity contribution >= 4 is 5.52 Å². The number of imidazole rings is 1. The van der Waals surface area contributed by atoms with Crippen molar-refractivity contribution in [2.24, 2.45) is 5.73 Å². The monoisotopic (exact) mass is 204 g/mol. The second-order valence-corrected chi connectivity index (χ2v) is 4.13. The van der Waals surface area contributed by atoms with Crippen LogP contribution in [0.1, 0.15) is 44.2 Å². The molecule has 4 heteroatoms. The number of aromatic nitrogens is 3. The van der Waals surface area contributed by atoms with Crippen LogP contribution >= 0.6 is 0 Å². The van der Waals surface area contributed by atoms with Gasteiger partial charge in [-0.2, -0.15) is 0 Å². The van der Waals surface area contributed by atoms with Gasteiger partial charge in [0.1, 0.15) is 5.82 Å². The Labute approximate surface area is 89.2 Å². The van der Waals surface area contributed by atoms with Crippen molar-refractivity contribution in [2.75, 3.05) is 0 Å². The van der Waals surface area contributed by atoms with Gasteiger partial charge in [0, 0.05) is 24.4 Å². The third kappa shape index (κ3) is 1.61. The van der Waals surface area contributed by atoms with Crippen LogP contribution in [0.5, 0.6) is 0 Å². The number of hydrogen-bond acceptors (Lipinski definition) is 3. The van der Waals surface area contributed by atoms with Gasteiger partial charge < -0.3 is 10.1 Å². The van der Waals surface area contributed by atoms with Gasteiger partial charge in [0.2, 0.25) is 0 Å². The Bertz CT molecular complexity index is 428. The molecule has 0 aliphatic heterocycles. The molecule has 2 aromatic rings. The molecule has 15 heavy (non-hydrogen) atoms. The molecule has 0 bridgehead atoms. The van der Waals surface area contributed by atoms with E-state index in [9.17, 15) is 0 Å². The standard InChI is InChI=1S/C11H16N4/c1-7(2)11-14-10(8(3)12)9-6-13-4-5-15(9)11/h4-8H,12H2,1-3H3. The van der Waals surface area contributed by atoms with Gasteiger partial charge in [-0.25, -0.2) is 4.98 Å². The fraction of sp³-hybridized carbons (Fsp3) is 0.455. The van der Waals surface area contributed by atoms with Crippen molar-refractivity contribution in [1.29, 1.82) is 0 Å². The second kappa shape index (κ2) is 3.62. The van der Waals surface area contributed by atoms with Crippen LogP contribution in [0.15, 0.2) is 18.6 Å². The number of hydrogen-bond donors (Lipinski definition) is 1. The van der Waals surface area contributed by atoms with Gasteiger partial charge in [-0.1, -0.05) is 13.8 Å². The van der Waals surface area contributed by atoms with Gasteiger partial charge in [-0.15, -0.1) is 0 Å². The highest BCUT2D eigenvalue weighted by Gasteiger charge is 2.15. The van der Waals surface area contributed by atoms with E-state index in [0.29, 0.717) is 5.92 Å². The summed E-state index contributed by atoms with van der Waals surface area (Å²) >= 11 is 0. The van der Waals surface area contributed by atoms with Crippen molar-refractivity contribution in [3.8, 4) is 0 Å². The van der Waals surface area contributed by atoms with Gasteiger partial charge in [0.15, 0.2) is 0 Å². The lowest BCUT2D eigenvalue weighted by Gasteiger charge is -2.02. The Kier molecular flexibility index (Phi) is 2.44. The average Bonchev–Trinajstić information content (AvgIpc) is 2.56. The third-order valence-electron chi connectivity index (χ3n) is 2.45. The molecule has 0 aliphatic rings. The molecule has 1 unspecified atom stereocenters. The summed E-state index contributed by atoms with van der Waals surface area (Å²) in [4.78, 5) is 8.70. The first kappa shape index (κ1) is 10.1. The molecule has 0 amide bonds. The first-order valence-electron chi connectivity index (χ1n) is 5.18. The van der Waals surface area contributed by atoms with Crippen LogP contribution < -0.4 is 5.73 Å². The summed E-state index contributed by atoms with van der Waals surface area (Å²) in [5, 5.41) is 0. The number of fused-ring (bicyclic) bond motifs is 1. The first-order chi connectivity index (χ1) is 7.11. The molecule has 2 heterocycles. The number of nitrogens with two attached hydrogens (primary N) is 1. The molecule has 0 saturated heterocycles. The van der Waals surface area contributed by atoms with Gasteiger partial charge in [0.25, 0.3) is 0 Å². The molecule has 80 valence electrons. The molecule has 1 atom stereocenters. The smallest absolute Gasteiger partial charge is 0.116 e. The van der Waals surface area contributed by atoms with Crippen molar-refractivity contribution in [1.82, 2.24) is 14.4 Å². The minimum Gasteiger partial charge on any atom is -0.323 e. The van der Waals surface area contributed by atoms with Crippen LogP contribution in [0.3, 0.4) is 0 Å². The van der Waals surface area contributed by atoms with E-state index in [1.165, 1.54) is 0 Å². The zero-order valence-electron chi connectivity index (χ0n) is 9.31. The van der Waals surface area contributed by atoms with Crippen molar-refractivity contribution in [2.45, 2.75) is 32.7 Å². The zero-order valence-corrected chi connectivity index (χ0v) is 9.31. The summed E-state index contributed by atoms with van der Waals surface area (Å²) in [5.74, 6) is 1.42. The average molecular weight is 204 g/mol. The highest BCUT2D eigenvalue weighted by atomic mass is 15.1. The maximum absolute atomic E-state index is 5.89. The van der Waals surface area contributed by atoms with Crippen LogP contribution in [0.4, 0.5) is 0 Å². The topological polar surface area (TPSA) is 56.2 Å². The molecule has 0 radical (unpaired) electrons. The van der Waals surface area contributed by atoms with Gasteiger partial charge in [0.05, 0.1) is 17.4 Å². The lowest BCUT2D eigenvalue weighted by molar-refractivity contribution is 0.745. The van der Waals surface area contributed by atoms with Gasteiger partial charge >= 0.3 is 0 Å². The largest absolute Gasteiger partial charge is 0.323 e. The van der Waals surface area contributed by atoms with Crippen LogP contribution in [-0.2, 0) is 0 Å². The SMILES string of the molecule is CC(C)c1nc(C(C)N)c2cnccn12. The van der Waals surface area contributed by atoms with E-state index in [4.69, 9.17) is 5.73 Å². The van der Waals surface area contributed by atoms with E-state index in [0.717, 1.165) is 17.0 Å². The molecule has 2 rings (SSSR count). The zero-order chi connectivity index (χ0) is 11.0. The molecular weight excluding hydrogens is 188 g/mol. The summed E-state index contributed by atoms with van der Waals surface area (Å²) in [6, 6.07) is -0.0586. The summed E-state index contributed by atoms with van der Waals surface area (Å²) in [5.41, 5.74) is 7.82. The first-order valence-corrected chi connectivity index (χ1v) is 5.18. The Balaban J connectivity index is 2.73.